The third-order valence-corrected chi connectivity index (χ3v) is 6.48. The lowest BCUT2D eigenvalue weighted by Gasteiger charge is -2.32. The number of nitrogens with one attached hydrogen (secondary N) is 1. The van der Waals surface area contributed by atoms with Crippen LogP contribution in [-0.2, 0) is 16.6 Å². The number of carbonyl (C=O) groups is 1. The van der Waals surface area contributed by atoms with Gasteiger partial charge >= 0.3 is 0 Å². The van der Waals surface area contributed by atoms with Crippen LogP contribution in [0, 0.1) is 23.7 Å². The van der Waals surface area contributed by atoms with Crippen LogP contribution in [0.3, 0.4) is 0 Å². The van der Waals surface area contributed by atoms with E-state index in [1.165, 1.54) is 32.1 Å². The van der Waals surface area contributed by atoms with E-state index in [9.17, 15) is 4.79 Å². The molecule has 132 valence electrons. The summed E-state index contributed by atoms with van der Waals surface area (Å²) in [6.45, 7) is 6.17. The normalized spacial score (nSPS) is 34.5. The van der Waals surface area contributed by atoms with E-state index in [4.69, 9.17) is 4.52 Å². The number of hydrogen-bond donors (Lipinski definition) is 1. The van der Waals surface area contributed by atoms with E-state index in [2.05, 4.69) is 36.2 Å². The first-order chi connectivity index (χ1) is 11.4. The molecule has 1 heterocycles. The monoisotopic (exact) mass is 331 g/mol. The molecule has 0 saturated heterocycles. The fourth-order valence-corrected chi connectivity index (χ4v) is 5.39. The minimum absolute atomic E-state index is 0.120. The second-order valence-corrected chi connectivity index (χ2v) is 9.09. The van der Waals surface area contributed by atoms with E-state index >= 15 is 0 Å². The zero-order chi connectivity index (χ0) is 16.9. The molecule has 3 aliphatic carbocycles. The molecule has 24 heavy (non-hydrogen) atoms. The quantitative estimate of drug-likeness (QED) is 0.919. The summed E-state index contributed by atoms with van der Waals surface area (Å²) < 4.78 is 5.28. The highest BCUT2D eigenvalue weighted by Gasteiger charge is 2.53. The number of nitrogens with zero attached hydrogens (tertiary/aromatic N) is 2. The lowest BCUT2D eigenvalue weighted by Crippen LogP contribution is -2.42. The topological polar surface area (TPSA) is 68.0 Å². The molecule has 5 nitrogen and oxygen atoms in total. The first-order valence-electron chi connectivity index (χ1n) is 9.54. The number of rotatable bonds is 4. The van der Waals surface area contributed by atoms with Gasteiger partial charge in [-0.05, 0) is 49.4 Å². The van der Waals surface area contributed by atoms with Gasteiger partial charge in [-0.3, -0.25) is 4.79 Å². The van der Waals surface area contributed by atoms with Gasteiger partial charge in [-0.25, -0.2) is 0 Å². The average Bonchev–Trinajstić information content (AvgIpc) is 3.25. The van der Waals surface area contributed by atoms with Gasteiger partial charge < -0.3 is 9.84 Å². The van der Waals surface area contributed by atoms with Gasteiger partial charge in [0.25, 0.3) is 0 Å². The Hall–Kier alpha value is -1.39. The van der Waals surface area contributed by atoms with Gasteiger partial charge in [0.15, 0.2) is 5.82 Å². The molecule has 3 saturated carbocycles. The fourth-order valence-electron chi connectivity index (χ4n) is 5.39. The number of hydrogen-bond acceptors (Lipinski definition) is 4. The number of carbonyl (C=O) groups excluding carboxylic acids is 1. The highest BCUT2D eigenvalue weighted by atomic mass is 16.5. The Kier molecular flexibility index (Phi) is 3.92. The van der Waals surface area contributed by atoms with E-state index in [0.29, 0.717) is 30.6 Å². The van der Waals surface area contributed by atoms with Crippen molar-refractivity contribution in [1.29, 1.82) is 0 Å². The zero-order valence-corrected chi connectivity index (χ0v) is 15.0. The molecule has 0 radical (unpaired) electrons. The van der Waals surface area contributed by atoms with Gasteiger partial charge in [-0.1, -0.05) is 32.3 Å². The van der Waals surface area contributed by atoms with Crippen molar-refractivity contribution in [2.45, 2.75) is 77.2 Å². The molecule has 1 N–H and O–H groups in total. The third-order valence-electron chi connectivity index (χ3n) is 6.48. The molecule has 5 atom stereocenters. The molecule has 0 unspecified atom stereocenters. The molecule has 1 amide bonds. The molecule has 3 fully saturated rings. The summed E-state index contributed by atoms with van der Waals surface area (Å²) in [6, 6.07) is 0.412. The molecule has 1 aromatic heterocycles. The Labute approximate surface area is 144 Å². The molecule has 2 bridgehead atoms. The molecule has 5 heteroatoms. The second-order valence-electron chi connectivity index (χ2n) is 9.09. The number of amides is 1. The predicted octanol–water partition coefficient (Wildman–Crippen LogP) is 3.24. The van der Waals surface area contributed by atoms with Crippen LogP contribution in [0.1, 0.15) is 71.0 Å². The summed E-state index contributed by atoms with van der Waals surface area (Å²) in [7, 11) is 0. The van der Waals surface area contributed by atoms with Crippen molar-refractivity contribution >= 4 is 5.91 Å². The minimum Gasteiger partial charge on any atom is -0.353 e. The van der Waals surface area contributed by atoms with Crippen LogP contribution >= 0.6 is 0 Å². The first-order valence-corrected chi connectivity index (χ1v) is 9.54. The fraction of sp³-hybridized carbons (Fsp3) is 0.842. The van der Waals surface area contributed by atoms with Crippen molar-refractivity contribution in [3.63, 3.8) is 0 Å². The van der Waals surface area contributed by atoms with Crippen LogP contribution in [0.25, 0.3) is 0 Å². The zero-order valence-electron chi connectivity index (χ0n) is 15.0. The SMILES string of the molecule is CC(C)(C)c1noc(CCC(=O)N[C@@H]2C[C@H]3C[C@H]2[C@H]2CCC[C@H]32)n1. The summed E-state index contributed by atoms with van der Waals surface area (Å²) in [6.07, 6.45) is 7.73. The van der Waals surface area contributed by atoms with Crippen molar-refractivity contribution in [3.05, 3.63) is 11.7 Å². The lowest BCUT2D eigenvalue weighted by atomic mass is 9.79. The average molecular weight is 331 g/mol. The van der Waals surface area contributed by atoms with Crippen molar-refractivity contribution in [3.8, 4) is 0 Å². The largest absolute Gasteiger partial charge is 0.353 e. The van der Waals surface area contributed by atoms with Crippen molar-refractivity contribution < 1.29 is 9.32 Å². The Morgan fingerprint density at radius 3 is 2.75 bits per heavy atom. The van der Waals surface area contributed by atoms with Crippen LogP contribution < -0.4 is 5.32 Å². The van der Waals surface area contributed by atoms with E-state index in [1.54, 1.807) is 0 Å². The van der Waals surface area contributed by atoms with Crippen LogP contribution in [0.15, 0.2) is 4.52 Å². The summed E-state index contributed by atoms with van der Waals surface area (Å²) in [4.78, 5) is 16.8. The number of aromatic nitrogens is 2. The van der Waals surface area contributed by atoms with Crippen molar-refractivity contribution in [2.75, 3.05) is 0 Å². The van der Waals surface area contributed by atoms with Gasteiger partial charge in [-0.15, -0.1) is 0 Å². The van der Waals surface area contributed by atoms with Crippen LogP contribution in [0.4, 0.5) is 0 Å². The highest BCUT2D eigenvalue weighted by molar-refractivity contribution is 5.76. The van der Waals surface area contributed by atoms with Gasteiger partial charge in [0, 0.05) is 24.3 Å². The molecule has 0 spiro atoms. The van der Waals surface area contributed by atoms with E-state index in [1.807, 2.05) is 0 Å². The molecule has 1 aromatic rings. The maximum atomic E-state index is 12.3. The minimum atomic E-state index is -0.120. The van der Waals surface area contributed by atoms with Crippen molar-refractivity contribution in [2.24, 2.45) is 23.7 Å². The number of aryl methyl sites for hydroxylation is 1. The van der Waals surface area contributed by atoms with E-state index in [-0.39, 0.29) is 11.3 Å². The number of fused-ring (bicyclic) bond motifs is 5. The Balaban J connectivity index is 1.28. The summed E-state index contributed by atoms with van der Waals surface area (Å²) >= 11 is 0. The van der Waals surface area contributed by atoms with Crippen LogP contribution in [0.2, 0.25) is 0 Å². The second kappa shape index (κ2) is 5.85. The maximum absolute atomic E-state index is 12.3. The first kappa shape index (κ1) is 16.1. The molecule has 0 aromatic carbocycles. The van der Waals surface area contributed by atoms with Crippen LogP contribution in [-0.4, -0.2) is 22.1 Å². The Bertz CT molecular complexity index is 618. The molecule has 0 aliphatic heterocycles. The summed E-state index contributed by atoms with van der Waals surface area (Å²) in [5, 5.41) is 7.32. The van der Waals surface area contributed by atoms with Gasteiger partial charge in [0.05, 0.1) is 0 Å². The Morgan fingerprint density at radius 2 is 2.00 bits per heavy atom. The molecular formula is C19H29N3O2. The van der Waals surface area contributed by atoms with Crippen LogP contribution in [0.5, 0.6) is 0 Å². The molecule has 4 rings (SSSR count). The standard InChI is InChI=1S/C19H29N3O2/c1-19(2,3)18-21-17(24-22-18)8-7-16(23)20-15-10-11-9-14(15)13-6-4-5-12(11)13/h11-15H,4-10H2,1-3H3,(H,20,23)/t11-,12-,13+,14+,15-/m1/s1. The maximum Gasteiger partial charge on any atom is 0.227 e. The smallest absolute Gasteiger partial charge is 0.227 e. The predicted molar refractivity (Wildman–Crippen MR) is 90.3 cm³/mol. The molecule has 3 aliphatic rings. The lowest BCUT2D eigenvalue weighted by molar-refractivity contribution is -0.122. The van der Waals surface area contributed by atoms with E-state index < -0.39 is 0 Å². The van der Waals surface area contributed by atoms with Gasteiger partial charge in [0.1, 0.15) is 0 Å². The van der Waals surface area contributed by atoms with E-state index in [0.717, 1.165) is 23.7 Å². The van der Waals surface area contributed by atoms with Gasteiger partial charge in [0.2, 0.25) is 11.8 Å². The molecular weight excluding hydrogens is 302 g/mol. The third kappa shape index (κ3) is 2.86. The Morgan fingerprint density at radius 1 is 1.21 bits per heavy atom. The highest BCUT2D eigenvalue weighted by Crippen LogP contribution is 2.58. The summed E-state index contributed by atoms with van der Waals surface area (Å²) in [5.74, 6) is 4.88. The summed E-state index contributed by atoms with van der Waals surface area (Å²) in [5.41, 5.74) is -0.120. The van der Waals surface area contributed by atoms with Gasteiger partial charge in [-0.2, -0.15) is 4.98 Å². The van der Waals surface area contributed by atoms with Crippen molar-refractivity contribution in [1.82, 2.24) is 15.5 Å².